The van der Waals surface area contributed by atoms with Crippen LogP contribution in [0, 0.1) is 12.8 Å². The fraction of sp³-hybridized carbons (Fsp3) is 0.500. The molecule has 0 saturated heterocycles. The number of hydrogen-bond acceptors (Lipinski definition) is 3. The highest BCUT2D eigenvalue weighted by atomic mass is 79.9. The molecule has 0 fully saturated rings. The first-order valence-corrected chi connectivity index (χ1v) is 7.30. The van der Waals surface area contributed by atoms with E-state index in [1.807, 2.05) is 17.8 Å². The summed E-state index contributed by atoms with van der Waals surface area (Å²) in [5.74, 6) is 2.60. The first-order chi connectivity index (χ1) is 9.04. The molecule has 0 unspecified atom stereocenters. The van der Waals surface area contributed by atoms with Crippen molar-refractivity contribution in [2.45, 2.75) is 33.9 Å². The van der Waals surface area contributed by atoms with Gasteiger partial charge in [0.25, 0.3) is 0 Å². The van der Waals surface area contributed by atoms with Gasteiger partial charge >= 0.3 is 0 Å². The van der Waals surface area contributed by atoms with Gasteiger partial charge in [0, 0.05) is 11.8 Å². The van der Waals surface area contributed by atoms with E-state index >= 15 is 0 Å². The number of hydrogen-bond donors (Lipinski definition) is 1. The molecule has 104 valence electrons. The molecule has 0 atom stereocenters. The second kappa shape index (κ2) is 6.39. The van der Waals surface area contributed by atoms with Crippen LogP contribution in [-0.4, -0.2) is 16.3 Å². The van der Waals surface area contributed by atoms with E-state index in [9.17, 15) is 0 Å². The molecule has 0 aliphatic heterocycles. The predicted molar refractivity (Wildman–Crippen MR) is 79.0 cm³/mol. The third-order valence-electron chi connectivity index (χ3n) is 2.86. The Morgan fingerprint density at radius 1 is 1.47 bits per heavy atom. The summed E-state index contributed by atoms with van der Waals surface area (Å²) >= 11 is 3.40. The minimum atomic E-state index is 0.650. The molecule has 0 saturated carbocycles. The Morgan fingerprint density at radius 2 is 2.26 bits per heavy atom. The molecule has 0 aromatic carbocycles. The Balaban J connectivity index is 1.96. The lowest BCUT2D eigenvalue weighted by molar-refractivity contribution is 0.446. The van der Waals surface area contributed by atoms with Crippen molar-refractivity contribution in [1.29, 1.82) is 0 Å². The molecule has 5 heteroatoms. The van der Waals surface area contributed by atoms with Crippen LogP contribution in [0.3, 0.4) is 0 Å². The van der Waals surface area contributed by atoms with Gasteiger partial charge in [-0.05, 0) is 41.4 Å². The van der Waals surface area contributed by atoms with Gasteiger partial charge in [-0.2, -0.15) is 5.10 Å². The third kappa shape index (κ3) is 4.21. The van der Waals surface area contributed by atoms with E-state index in [1.54, 1.807) is 6.20 Å². The van der Waals surface area contributed by atoms with Crippen molar-refractivity contribution in [3.8, 4) is 0 Å². The molecule has 0 spiro atoms. The number of nitrogens with zero attached hydrogens (tertiary/aromatic N) is 2. The average molecular weight is 326 g/mol. The Hall–Kier alpha value is -1.07. The SMILES string of the molecule is Cc1oc(CNCC(C)C)cc1Cn1cc(Br)cn1. The van der Waals surface area contributed by atoms with Gasteiger partial charge in [-0.15, -0.1) is 0 Å². The maximum absolute atomic E-state index is 5.76. The van der Waals surface area contributed by atoms with Gasteiger partial charge in [-0.25, -0.2) is 0 Å². The summed E-state index contributed by atoms with van der Waals surface area (Å²) in [7, 11) is 0. The molecular formula is C14H20BrN3O. The summed E-state index contributed by atoms with van der Waals surface area (Å²) in [6.45, 7) is 8.91. The zero-order chi connectivity index (χ0) is 13.8. The largest absolute Gasteiger partial charge is 0.465 e. The minimum Gasteiger partial charge on any atom is -0.465 e. The van der Waals surface area contributed by atoms with Gasteiger partial charge in [-0.1, -0.05) is 13.8 Å². The van der Waals surface area contributed by atoms with E-state index in [1.165, 1.54) is 5.56 Å². The average Bonchev–Trinajstić information content (AvgIpc) is 2.87. The molecule has 2 aromatic rings. The number of halogens is 1. The zero-order valence-electron chi connectivity index (χ0n) is 11.6. The van der Waals surface area contributed by atoms with Gasteiger partial charge < -0.3 is 9.73 Å². The number of rotatable bonds is 6. The van der Waals surface area contributed by atoms with E-state index in [2.05, 4.69) is 46.3 Å². The van der Waals surface area contributed by atoms with E-state index in [-0.39, 0.29) is 0 Å². The molecule has 0 bridgehead atoms. The molecule has 4 nitrogen and oxygen atoms in total. The first-order valence-electron chi connectivity index (χ1n) is 6.51. The molecule has 0 radical (unpaired) electrons. The summed E-state index contributed by atoms with van der Waals surface area (Å²) in [5.41, 5.74) is 1.18. The van der Waals surface area contributed by atoms with Crippen LogP contribution in [0.1, 0.15) is 30.9 Å². The van der Waals surface area contributed by atoms with E-state index in [4.69, 9.17) is 4.42 Å². The lowest BCUT2D eigenvalue weighted by Gasteiger charge is -2.04. The van der Waals surface area contributed by atoms with E-state index in [0.29, 0.717) is 5.92 Å². The number of aromatic nitrogens is 2. The quantitative estimate of drug-likeness (QED) is 0.885. The molecule has 0 aliphatic carbocycles. The van der Waals surface area contributed by atoms with Crippen LogP contribution in [0.5, 0.6) is 0 Å². The lowest BCUT2D eigenvalue weighted by atomic mass is 10.2. The van der Waals surface area contributed by atoms with Gasteiger partial charge in [0.2, 0.25) is 0 Å². The zero-order valence-corrected chi connectivity index (χ0v) is 13.2. The highest BCUT2D eigenvalue weighted by Gasteiger charge is 2.08. The van der Waals surface area contributed by atoms with Crippen molar-refractivity contribution in [1.82, 2.24) is 15.1 Å². The number of furan rings is 1. The minimum absolute atomic E-state index is 0.650. The Morgan fingerprint density at radius 3 is 2.89 bits per heavy atom. The highest BCUT2D eigenvalue weighted by molar-refractivity contribution is 9.10. The van der Waals surface area contributed by atoms with Gasteiger partial charge in [0.15, 0.2) is 0 Å². The second-order valence-electron chi connectivity index (χ2n) is 5.18. The second-order valence-corrected chi connectivity index (χ2v) is 6.09. The summed E-state index contributed by atoms with van der Waals surface area (Å²) in [5, 5.41) is 7.65. The van der Waals surface area contributed by atoms with E-state index in [0.717, 1.165) is 35.6 Å². The molecule has 2 rings (SSSR count). The van der Waals surface area contributed by atoms with Crippen molar-refractivity contribution in [2.24, 2.45) is 5.92 Å². The van der Waals surface area contributed by atoms with Crippen molar-refractivity contribution in [2.75, 3.05) is 6.54 Å². The van der Waals surface area contributed by atoms with Gasteiger partial charge in [0.1, 0.15) is 11.5 Å². The monoisotopic (exact) mass is 325 g/mol. The molecule has 2 heterocycles. The van der Waals surface area contributed by atoms with Gasteiger partial charge in [0.05, 0.1) is 23.8 Å². The Bertz CT molecular complexity index is 531. The van der Waals surface area contributed by atoms with Crippen LogP contribution in [0.25, 0.3) is 0 Å². The number of nitrogens with one attached hydrogen (secondary N) is 1. The van der Waals surface area contributed by atoms with Crippen LogP contribution in [0.2, 0.25) is 0 Å². The molecule has 1 N–H and O–H groups in total. The smallest absolute Gasteiger partial charge is 0.118 e. The molecule has 2 aromatic heterocycles. The van der Waals surface area contributed by atoms with Crippen molar-refractivity contribution < 1.29 is 4.42 Å². The van der Waals surface area contributed by atoms with Crippen molar-refractivity contribution in [3.63, 3.8) is 0 Å². The molecule has 0 amide bonds. The maximum Gasteiger partial charge on any atom is 0.118 e. The van der Waals surface area contributed by atoms with Crippen LogP contribution in [0.4, 0.5) is 0 Å². The van der Waals surface area contributed by atoms with Crippen LogP contribution >= 0.6 is 15.9 Å². The normalized spacial score (nSPS) is 11.4. The van der Waals surface area contributed by atoms with Crippen LogP contribution < -0.4 is 5.32 Å². The fourth-order valence-corrected chi connectivity index (χ4v) is 2.24. The van der Waals surface area contributed by atoms with Crippen LogP contribution in [-0.2, 0) is 13.1 Å². The summed E-state index contributed by atoms with van der Waals surface area (Å²) < 4.78 is 8.65. The van der Waals surface area contributed by atoms with Gasteiger partial charge in [-0.3, -0.25) is 4.68 Å². The first kappa shape index (κ1) is 14.3. The Labute approximate surface area is 122 Å². The van der Waals surface area contributed by atoms with Crippen molar-refractivity contribution >= 4 is 15.9 Å². The fourth-order valence-electron chi connectivity index (χ4n) is 1.92. The van der Waals surface area contributed by atoms with Crippen molar-refractivity contribution in [3.05, 3.63) is 40.0 Å². The maximum atomic E-state index is 5.76. The standard InChI is InChI=1S/C14H20BrN3O/c1-10(2)5-16-7-14-4-12(11(3)19-14)8-18-9-13(15)6-17-18/h4,6,9-10,16H,5,7-8H2,1-3H3. The highest BCUT2D eigenvalue weighted by Crippen LogP contribution is 2.17. The molecular weight excluding hydrogens is 306 g/mol. The molecule has 0 aliphatic rings. The third-order valence-corrected chi connectivity index (χ3v) is 3.27. The Kier molecular flexibility index (Phi) is 4.82. The topological polar surface area (TPSA) is 43.0 Å². The lowest BCUT2D eigenvalue weighted by Crippen LogP contribution is -2.18. The summed E-state index contributed by atoms with van der Waals surface area (Å²) in [6, 6.07) is 2.11. The summed E-state index contributed by atoms with van der Waals surface area (Å²) in [6.07, 6.45) is 3.75. The molecule has 19 heavy (non-hydrogen) atoms. The number of aryl methyl sites for hydroxylation is 1. The van der Waals surface area contributed by atoms with Crippen LogP contribution in [0.15, 0.2) is 27.3 Å². The summed E-state index contributed by atoms with van der Waals surface area (Å²) in [4.78, 5) is 0. The van der Waals surface area contributed by atoms with E-state index < -0.39 is 0 Å². The predicted octanol–water partition coefficient (Wildman–Crippen LogP) is 3.34.